The molecule has 0 aliphatic rings. The van der Waals surface area contributed by atoms with E-state index >= 15 is 0 Å². The van der Waals surface area contributed by atoms with Crippen LogP contribution in [0.5, 0.6) is 0 Å². The van der Waals surface area contributed by atoms with E-state index in [4.69, 9.17) is 4.42 Å². The number of benzene rings is 2. The van der Waals surface area contributed by atoms with Crippen LogP contribution >= 0.6 is 0 Å². The first-order chi connectivity index (χ1) is 15.1. The second-order valence-corrected chi connectivity index (χ2v) is 9.59. The molecule has 0 fully saturated rings. The highest BCUT2D eigenvalue weighted by atomic mass is 32.2. The molecule has 0 atom stereocenters. The average molecular weight is 456 g/mol. The summed E-state index contributed by atoms with van der Waals surface area (Å²) in [5, 5.41) is 20.3. The Balaban J connectivity index is 1.60. The second kappa shape index (κ2) is 9.52. The van der Waals surface area contributed by atoms with E-state index in [0.717, 1.165) is 5.56 Å². The van der Waals surface area contributed by atoms with Crippen molar-refractivity contribution in [2.24, 2.45) is 0 Å². The highest BCUT2D eigenvalue weighted by Crippen LogP contribution is 2.19. The number of rotatable bonds is 8. The van der Waals surface area contributed by atoms with Crippen LogP contribution in [0.1, 0.15) is 30.9 Å². The molecule has 2 aromatic carbocycles. The maximum absolute atomic E-state index is 12.2. The highest BCUT2D eigenvalue weighted by Gasteiger charge is 2.19. The van der Waals surface area contributed by atoms with Crippen LogP contribution in [0.4, 0.5) is 11.7 Å². The molecule has 10 nitrogen and oxygen atoms in total. The molecule has 0 radical (unpaired) electrons. The van der Waals surface area contributed by atoms with Gasteiger partial charge in [-0.3, -0.25) is 20.2 Å². The summed E-state index contributed by atoms with van der Waals surface area (Å²) in [4.78, 5) is 22.6. The molecule has 3 rings (SSSR count). The zero-order valence-electron chi connectivity index (χ0n) is 17.3. The molecule has 1 aromatic heterocycles. The summed E-state index contributed by atoms with van der Waals surface area (Å²) in [5.74, 6) is -0.308. The Morgan fingerprint density at radius 1 is 1.19 bits per heavy atom. The van der Waals surface area contributed by atoms with Crippen LogP contribution < -0.4 is 5.32 Å². The smallest absolute Gasteiger partial charge is 0.322 e. The largest absolute Gasteiger partial charge is 0.407 e. The Hall–Kier alpha value is -3.86. The van der Waals surface area contributed by atoms with Crippen molar-refractivity contribution in [3.63, 3.8) is 0 Å². The molecule has 0 aliphatic heterocycles. The number of non-ortho nitro benzene ring substituents is 1. The summed E-state index contributed by atoms with van der Waals surface area (Å²) < 4.78 is 29.8. The number of nitro benzene ring substituents is 1. The molecule has 0 bridgehead atoms. The molecule has 1 N–H and O–H groups in total. The summed E-state index contributed by atoms with van der Waals surface area (Å²) in [6, 6.07) is 12.1. The van der Waals surface area contributed by atoms with Gasteiger partial charge in [-0.1, -0.05) is 29.4 Å². The van der Waals surface area contributed by atoms with Gasteiger partial charge in [0.05, 0.1) is 21.5 Å². The van der Waals surface area contributed by atoms with Gasteiger partial charge < -0.3 is 4.42 Å². The molecular formula is C21H20N4O6S. The number of sulfone groups is 1. The zero-order chi connectivity index (χ0) is 23.3. The molecular weight excluding hydrogens is 436 g/mol. The van der Waals surface area contributed by atoms with E-state index in [1.807, 2.05) is 0 Å². The predicted molar refractivity (Wildman–Crippen MR) is 117 cm³/mol. The van der Waals surface area contributed by atoms with Crippen molar-refractivity contribution in [3.05, 3.63) is 81.7 Å². The van der Waals surface area contributed by atoms with Gasteiger partial charge in [0.2, 0.25) is 5.89 Å². The van der Waals surface area contributed by atoms with Crippen LogP contribution in [-0.4, -0.2) is 34.7 Å². The standard InChI is InChI=1S/C21H20N4O6S/c1-14(2)32(29,30)18-9-6-16(7-10-18)13-20-23-24-21(31-20)22-19(26)11-8-15-4-3-5-17(12-15)25(27)28/h3-12,14H,13H2,1-2H3,(H,22,24,26). The van der Waals surface area contributed by atoms with Crippen molar-refractivity contribution in [1.82, 2.24) is 10.2 Å². The van der Waals surface area contributed by atoms with E-state index in [0.29, 0.717) is 5.56 Å². The van der Waals surface area contributed by atoms with Crippen molar-refractivity contribution >= 4 is 33.5 Å². The van der Waals surface area contributed by atoms with Crippen LogP contribution in [0.25, 0.3) is 6.08 Å². The molecule has 1 amide bonds. The fourth-order valence-electron chi connectivity index (χ4n) is 2.68. The van der Waals surface area contributed by atoms with E-state index in [2.05, 4.69) is 15.5 Å². The van der Waals surface area contributed by atoms with Gasteiger partial charge in [-0.25, -0.2) is 8.42 Å². The van der Waals surface area contributed by atoms with Gasteiger partial charge >= 0.3 is 6.01 Å². The van der Waals surface area contributed by atoms with Crippen molar-refractivity contribution in [2.45, 2.75) is 30.4 Å². The lowest BCUT2D eigenvalue weighted by atomic mass is 10.1. The first-order valence-electron chi connectivity index (χ1n) is 9.54. The maximum atomic E-state index is 12.2. The number of carbonyl (C=O) groups is 1. The average Bonchev–Trinajstić information content (AvgIpc) is 3.19. The fraction of sp³-hybridized carbons (Fsp3) is 0.190. The van der Waals surface area contributed by atoms with Crippen LogP contribution in [0.2, 0.25) is 0 Å². The maximum Gasteiger partial charge on any atom is 0.322 e. The van der Waals surface area contributed by atoms with Gasteiger partial charge in [-0.05, 0) is 43.2 Å². The van der Waals surface area contributed by atoms with Gasteiger partial charge in [-0.2, -0.15) is 0 Å². The molecule has 0 unspecified atom stereocenters. The Bertz CT molecular complexity index is 1260. The number of amides is 1. The van der Waals surface area contributed by atoms with Crippen molar-refractivity contribution in [3.8, 4) is 0 Å². The summed E-state index contributed by atoms with van der Waals surface area (Å²) in [6.07, 6.45) is 2.87. The first-order valence-corrected chi connectivity index (χ1v) is 11.1. The third-order valence-corrected chi connectivity index (χ3v) is 6.60. The van der Waals surface area contributed by atoms with Crippen LogP contribution in [0.15, 0.2) is 63.9 Å². The Labute approximate surface area is 184 Å². The highest BCUT2D eigenvalue weighted by molar-refractivity contribution is 7.92. The zero-order valence-corrected chi connectivity index (χ0v) is 18.1. The van der Waals surface area contributed by atoms with Gasteiger partial charge in [0.1, 0.15) is 0 Å². The Kier molecular flexibility index (Phi) is 6.79. The van der Waals surface area contributed by atoms with E-state index in [1.54, 1.807) is 32.0 Å². The SMILES string of the molecule is CC(C)S(=O)(=O)c1ccc(Cc2nnc(NC(=O)C=Cc3cccc([N+](=O)[O-])c3)o2)cc1. The summed E-state index contributed by atoms with van der Waals surface area (Å²) in [6.45, 7) is 3.24. The quantitative estimate of drug-likeness (QED) is 0.308. The normalized spacial score (nSPS) is 11.7. The van der Waals surface area contributed by atoms with E-state index in [9.17, 15) is 23.3 Å². The molecule has 0 saturated heterocycles. The van der Waals surface area contributed by atoms with E-state index < -0.39 is 25.9 Å². The van der Waals surface area contributed by atoms with Crippen molar-refractivity contribution < 1.29 is 22.6 Å². The second-order valence-electron chi connectivity index (χ2n) is 7.09. The van der Waals surface area contributed by atoms with Gasteiger partial charge in [0.15, 0.2) is 9.84 Å². The third-order valence-electron chi connectivity index (χ3n) is 4.43. The number of carbonyl (C=O) groups excluding carboxylic acids is 1. The lowest BCUT2D eigenvalue weighted by molar-refractivity contribution is -0.384. The Morgan fingerprint density at radius 2 is 1.91 bits per heavy atom. The summed E-state index contributed by atoms with van der Waals surface area (Å²) >= 11 is 0. The monoisotopic (exact) mass is 456 g/mol. The predicted octanol–water partition coefficient (Wildman–Crippen LogP) is 3.40. The lowest BCUT2D eigenvalue weighted by Gasteiger charge is -2.08. The van der Waals surface area contributed by atoms with Gasteiger partial charge in [0.25, 0.3) is 11.6 Å². The minimum absolute atomic E-state index is 0.0797. The minimum Gasteiger partial charge on any atom is -0.407 e. The number of hydrogen-bond acceptors (Lipinski definition) is 8. The molecule has 11 heteroatoms. The molecule has 0 saturated carbocycles. The lowest BCUT2D eigenvalue weighted by Crippen LogP contribution is -2.13. The first kappa shape index (κ1) is 22.8. The minimum atomic E-state index is -3.35. The molecule has 0 aliphatic carbocycles. The van der Waals surface area contributed by atoms with Crippen molar-refractivity contribution in [2.75, 3.05) is 5.32 Å². The topological polar surface area (TPSA) is 145 Å². The van der Waals surface area contributed by atoms with Crippen molar-refractivity contribution in [1.29, 1.82) is 0 Å². The van der Waals surface area contributed by atoms with Crippen LogP contribution in [-0.2, 0) is 21.1 Å². The van der Waals surface area contributed by atoms with Crippen LogP contribution in [0.3, 0.4) is 0 Å². The molecule has 1 heterocycles. The van der Waals surface area contributed by atoms with E-state index in [1.165, 1.54) is 42.5 Å². The molecule has 32 heavy (non-hydrogen) atoms. The number of anilines is 1. The number of nitrogens with zero attached hydrogens (tertiary/aromatic N) is 3. The van der Waals surface area contributed by atoms with Gasteiger partial charge in [0, 0.05) is 18.2 Å². The van der Waals surface area contributed by atoms with E-state index in [-0.39, 0.29) is 28.9 Å². The third kappa shape index (κ3) is 5.64. The van der Waals surface area contributed by atoms with Crippen LogP contribution in [0, 0.1) is 10.1 Å². The number of hydrogen-bond donors (Lipinski definition) is 1. The summed E-state index contributed by atoms with van der Waals surface area (Å²) in [7, 11) is -3.35. The number of aromatic nitrogens is 2. The number of nitro groups is 1. The molecule has 3 aromatic rings. The Morgan fingerprint density at radius 3 is 2.56 bits per heavy atom. The summed E-state index contributed by atoms with van der Waals surface area (Å²) in [5.41, 5.74) is 1.17. The fourth-order valence-corrected chi connectivity index (χ4v) is 3.74. The molecule has 166 valence electrons. The molecule has 0 spiro atoms. The van der Waals surface area contributed by atoms with Gasteiger partial charge in [-0.15, -0.1) is 5.10 Å². The number of nitrogens with one attached hydrogen (secondary N) is 1.